The van der Waals surface area contributed by atoms with Gasteiger partial charge in [0.25, 0.3) is 0 Å². The minimum Gasteiger partial charge on any atom is -0.497 e. The quantitative estimate of drug-likeness (QED) is 0.585. The lowest BCUT2D eigenvalue weighted by Gasteiger charge is -2.27. The Balaban J connectivity index is 1.71. The van der Waals surface area contributed by atoms with Gasteiger partial charge in [0.05, 0.1) is 14.2 Å². The minimum absolute atomic E-state index is 0.240. The van der Waals surface area contributed by atoms with E-state index in [1.807, 2.05) is 25.1 Å². The van der Waals surface area contributed by atoms with Crippen LogP contribution < -0.4 is 15.1 Å². The number of likely N-dealkylation sites (tertiary alicyclic amines) is 1. The fraction of sp³-hybridized carbons (Fsp3) is 0.375. The van der Waals surface area contributed by atoms with Crippen LogP contribution in [0.5, 0.6) is 11.5 Å². The van der Waals surface area contributed by atoms with E-state index in [0.717, 1.165) is 53.0 Å². The van der Waals surface area contributed by atoms with E-state index in [2.05, 4.69) is 24.0 Å². The van der Waals surface area contributed by atoms with Crippen LogP contribution in [-0.2, 0) is 6.54 Å². The fourth-order valence-corrected chi connectivity index (χ4v) is 4.29. The molecule has 0 amide bonds. The van der Waals surface area contributed by atoms with Gasteiger partial charge in [-0.2, -0.15) is 0 Å². The minimum atomic E-state index is -0.298. The molecule has 0 saturated carbocycles. The molecule has 152 valence electrons. The van der Waals surface area contributed by atoms with Gasteiger partial charge < -0.3 is 13.9 Å². The van der Waals surface area contributed by atoms with Crippen molar-refractivity contribution in [2.45, 2.75) is 39.3 Å². The second kappa shape index (κ2) is 7.91. The molecule has 0 aliphatic carbocycles. The number of hydrogen-bond donors (Lipinski definition) is 0. The highest BCUT2D eigenvalue weighted by atomic mass is 16.5. The summed E-state index contributed by atoms with van der Waals surface area (Å²) in [6.07, 6.45) is 2.16. The number of fused-ring (bicyclic) bond motifs is 1. The molecule has 5 nitrogen and oxygen atoms in total. The van der Waals surface area contributed by atoms with Gasteiger partial charge in [-0.25, -0.2) is 4.79 Å². The van der Waals surface area contributed by atoms with E-state index in [0.29, 0.717) is 12.1 Å². The SMILES string of the molecule is COc1ccc([C@@H]2CCCN2Cc2cc(=O)oc3cc(C)c(C)cc23)c(OC)c1. The highest BCUT2D eigenvalue weighted by Gasteiger charge is 2.29. The first-order valence-corrected chi connectivity index (χ1v) is 10.00. The molecule has 1 fully saturated rings. The Hall–Kier alpha value is -2.79. The van der Waals surface area contributed by atoms with Gasteiger partial charge in [0.1, 0.15) is 17.1 Å². The summed E-state index contributed by atoms with van der Waals surface area (Å²) in [4.78, 5) is 14.6. The Bertz CT molecular complexity index is 1100. The summed E-state index contributed by atoms with van der Waals surface area (Å²) < 4.78 is 16.5. The molecule has 4 rings (SSSR count). The zero-order valence-electron chi connectivity index (χ0n) is 17.5. The predicted octanol–water partition coefficient (Wildman–Crippen LogP) is 4.76. The van der Waals surface area contributed by atoms with Gasteiger partial charge in [0.2, 0.25) is 0 Å². The first-order chi connectivity index (χ1) is 14.0. The van der Waals surface area contributed by atoms with E-state index >= 15 is 0 Å². The van der Waals surface area contributed by atoms with E-state index in [1.165, 1.54) is 5.56 Å². The molecule has 0 N–H and O–H groups in total. The van der Waals surface area contributed by atoms with Gasteiger partial charge in [0.15, 0.2) is 0 Å². The number of benzene rings is 2. The molecule has 1 atom stereocenters. The lowest BCUT2D eigenvalue weighted by atomic mass is 10.0. The van der Waals surface area contributed by atoms with Gasteiger partial charge in [-0.05, 0) is 68.1 Å². The van der Waals surface area contributed by atoms with Crippen LogP contribution in [0.15, 0.2) is 45.6 Å². The lowest BCUT2D eigenvalue weighted by molar-refractivity contribution is 0.243. The third-order valence-corrected chi connectivity index (χ3v) is 5.98. The molecule has 3 aromatic rings. The first kappa shape index (κ1) is 19.5. The number of methoxy groups -OCH3 is 2. The number of ether oxygens (including phenoxy) is 2. The van der Waals surface area contributed by atoms with Gasteiger partial charge in [0, 0.05) is 35.7 Å². The van der Waals surface area contributed by atoms with Crippen LogP contribution in [0.4, 0.5) is 0 Å². The van der Waals surface area contributed by atoms with Crippen molar-refractivity contribution in [3.05, 3.63) is 69.1 Å². The third kappa shape index (κ3) is 3.75. The molecule has 2 aromatic carbocycles. The van der Waals surface area contributed by atoms with Crippen molar-refractivity contribution in [3.8, 4) is 11.5 Å². The van der Waals surface area contributed by atoms with Crippen LogP contribution in [0.3, 0.4) is 0 Å². The van der Waals surface area contributed by atoms with Crippen molar-refractivity contribution in [2.24, 2.45) is 0 Å². The molecule has 0 spiro atoms. The Morgan fingerprint density at radius 2 is 1.86 bits per heavy atom. The van der Waals surface area contributed by atoms with E-state index in [-0.39, 0.29) is 11.7 Å². The smallest absolute Gasteiger partial charge is 0.336 e. The molecule has 29 heavy (non-hydrogen) atoms. The normalized spacial score (nSPS) is 17.0. The molecule has 2 heterocycles. The summed E-state index contributed by atoms with van der Waals surface area (Å²) in [6, 6.07) is 12.0. The largest absolute Gasteiger partial charge is 0.497 e. The second-order valence-electron chi connectivity index (χ2n) is 7.76. The number of aryl methyl sites for hydroxylation is 2. The van der Waals surface area contributed by atoms with E-state index < -0.39 is 0 Å². The highest BCUT2D eigenvalue weighted by Crippen LogP contribution is 2.39. The summed E-state index contributed by atoms with van der Waals surface area (Å²) in [5, 5.41) is 1.01. The van der Waals surface area contributed by atoms with Crippen molar-refractivity contribution in [1.82, 2.24) is 4.90 Å². The maximum absolute atomic E-state index is 12.2. The highest BCUT2D eigenvalue weighted by molar-refractivity contribution is 5.81. The van der Waals surface area contributed by atoms with Crippen LogP contribution >= 0.6 is 0 Å². The Labute approximate surface area is 170 Å². The van der Waals surface area contributed by atoms with E-state index in [4.69, 9.17) is 13.9 Å². The molecule has 1 aromatic heterocycles. The Kier molecular flexibility index (Phi) is 5.33. The molecule has 1 aliphatic heterocycles. The summed E-state index contributed by atoms with van der Waals surface area (Å²) in [5.41, 5.74) is 4.85. The van der Waals surface area contributed by atoms with Crippen LogP contribution in [-0.4, -0.2) is 25.7 Å². The maximum atomic E-state index is 12.2. The molecule has 0 radical (unpaired) electrons. The standard InChI is InChI=1S/C24H27NO4/c1-15-10-20-17(12-24(26)29-23(20)11-16(15)2)14-25-9-5-6-21(25)19-8-7-18(27-3)13-22(19)28-4/h7-8,10-13,21H,5-6,9,14H2,1-4H3/t21-/m0/s1. The van der Waals surface area contributed by atoms with Crippen LogP contribution in [0, 0.1) is 13.8 Å². The van der Waals surface area contributed by atoms with Crippen LogP contribution in [0.2, 0.25) is 0 Å². The predicted molar refractivity (Wildman–Crippen MR) is 114 cm³/mol. The van der Waals surface area contributed by atoms with Gasteiger partial charge >= 0.3 is 5.63 Å². The second-order valence-corrected chi connectivity index (χ2v) is 7.76. The summed E-state index contributed by atoms with van der Waals surface area (Å²) in [6.45, 7) is 5.80. The number of rotatable bonds is 5. The summed E-state index contributed by atoms with van der Waals surface area (Å²) >= 11 is 0. The average Bonchev–Trinajstić information content (AvgIpc) is 3.16. The molecule has 5 heteroatoms. The fourth-order valence-electron chi connectivity index (χ4n) is 4.29. The van der Waals surface area contributed by atoms with Crippen molar-refractivity contribution < 1.29 is 13.9 Å². The van der Waals surface area contributed by atoms with E-state index in [9.17, 15) is 4.79 Å². The van der Waals surface area contributed by atoms with Crippen molar-refractivity contribution in [3.63, 3.8) is 0 Å². The third-order valence-electron chi connectivity index (χ3n) is 5.98. The zero-order chi connectivity index (χ0) is 20.5. The average molecular weight is 393 g/mol. The monoisotopic (exact) mass is 393 g/mol. The maximum Gasteiger partial charge on any atom is 0.336 e. The molecule has 0 bridgehead atoms. The van der Waals surface area contributed by atoms with E-state index in [1.54, 1.807) is 20.3 Å². The molecule has 1 aliphatic rings. The van der Waals surface area contributed by atoms with Gasteiger partial charge in [-0.3, -0.25) is 4.90 Å². The van der Waals surface area contributed by atoms with Crippen molar-refractivity contribution >= 4 is 11.0 Å². The molecule has 1 saturated heterocycles. The molecule has 0 unspecified atom stereocenters. The van der Waals surface area contributed by atoms with Gasteiger partial charge in [-0.15, -0.1) is 0 Å². The summed E-state index contributed by atoms with van der Waals surface area (Å²) in [7, 11) is 3.35. The molecular weight excluding hydrogens is 366 g/mol. The van der Waals surface area contributed by atoms with Crippen LogP contribution in [0.1, 0.15) is 41.1 Å². The Morgan fingerprint density at radius 3 is 2.62 bits per heavy atom. The topological polar surface area (TPSA) is 51.9 Å². The summed E-state index contributed by atoms with van der Waals surface area (Å²) in [5.74, 6) is 1.62. The van der Waals surface area contributed by atoms with Crippen LogP contribution in [0.25, 0.3) is 11.0 Å². The first-order valence-electron chi connectivity index (χ1n) is 10.00. The number of nitrogens with zero attached hydrogens (tertiary/aromatic N) is 1. The Morgan fingerprint density at radius 1 is 1.07 bits per heavy atom. The lowest BCUT2D eigenvalue weighted by Crippen LogP contribution is -2.24. The van der Waals surface area contributed by atoms with Gasteiger partial charge in [-0.1, -0.05) is 6.07 Å². The van der Waals surface area contributed by atoms with Crippen molar-refractivity contribution in [1.29, 1.82) is 0 Å². The molecular formula is C24H27NO4. The number of hydrogen-bond acceptors (Lipinski definition) is 5. The van der Waals surface area contributed by atoms with Crippen molar-refractivity contribution in [2.75, 3.05) is 20.8 Å². The zero-order valence-corrected chi connectivity index (χ0v) is 17.5.